The molecule has 6 unspecified atom stereocenters. The quantitative estimate of drug-likeness (QED) is 0.440. The first kappa shape index (κ1) is 18.3. The van der Waals surface area contributed by atoms with Gasteiger partial charge in [-0.15, -0.1) is 0 Å². The first-order valence-electron chi connectivity index (χ1n) is 12.7. The van der Waals surface area contributed by atoms with E-state index in [0.29, 0.717) is 0 Å². The largest absolute Gasteiger partial charge is 0.0919 e. The lowest BCUT2D eigenvalue weighted by Crippen LogP contribution is -2.61. The van der Waals surface area contributed by atoms with Crippen molar-refractivity contribution in [2.75, 3.05) is 0 Å². The molecule has 0 radical (unpaired) electrons. The molecule has 0 N–H and O–H groups in total. The van der Waals surface area contributed by atoms with Crippen LogP contribution in [-0.4, -0.2) is 11.3 Å². The number of rotatable bonds is 2. The lowest BCUT2D eigenvalue weighted by Gasteiger charge is -2.66. The van der Waals surface area contributed by atoms with Gasteiger partial charge in [-0.2, -0.15) is 0 Å². The molecule has 7 aliphatic rings. The Bertz CT molecular complexity index is 1100. The summed E-state index contributed by atoms with van der Waals surface area (Å²) in [6, 6.07) is 21.6. The molecule has 2 aromatic rings. The van der Waals surface area contributed by atoms with Gasteiger partial charge in [-0.25, -0.2) is 0 Å². The minimum absolute atomic E-state index is 0.238. The molecule has 3 aliphatic heterocycles. The van der Waals surface area contributed by atoms with Gasteiger partial charge in [0.05, 0.1) is 0 Å². The van der Waals surface area contributed by atoms with Crippen molar-refractivity contribution in [2.24, 2.45) is 35.5 Å². The highest BCUT2D eigenvalue weighted by atomic mass is 32.4. The minimum Gasteiger partial charge on any atom is -0.0919 e. The Morgan fingerprint density at radius 2 is 1.19 bits per heavy atom. The van der Waals surface area contributed by atoms with E-state index < -0.39 is 6.04 Å². The molecule has 9 rings (SSSR count). The van der Waals surface area contributed by atoms with E-state index in [1.807, 2.05) is 0 Å². The SMILES string of the molecule is S=P12C(c3ccccc3)=CC(c3ccccc3)(C3C1[C@@H]1CC[C@H]3C1)C1C2[C@H]2CC[C@@H]1C2. The van der Waals surface area contributed by atoms with E-state index in [1.54, 1.807) is 10.9 Å². The standard InChI is InChI=1S/C29H31PS/c31-30-24(18-7-3-1-4-8-18)17-29(23-9-5-2-6-10-23,25-19-11-13-21(15-19)27(25)30)26-20-12-14-22(16-20)28(26)30/h1-10,17,19-22,25-28H,11-16H2/t19-,20+,21+,22-,25?,26?,27?,28?,29?,30?. The minimum atomic E-state index is -1.62. The molecule has 0 spiro atoms. The highest BCUT2D eigenvalue weighted by Gasteiger charge is 2.75. The summed E-state index contributed by atoms with van der Waals surface area (Å²) < 4.78 is 0. The Labute approximate surface area is 191 Å². The topological polar surface area (TPSA) is 0 Å². The monoisotopic (exact) mass is 442 g/mol. The molecule has 4 aliphatic carbocycles. The van der Waals surface area contributed by atoms with Gasteiger partial charge in [-0.3, -0.25) is 0 Å². The maximum atomic E-state index is 7.14. The normalized spacial score (nSPS) is 50.4. The van der Waals surface area contributed by atoms with E-state index in [0.717, 1.165) is 46.8 Å². The molecule has 4 saturated carbocycles. The Morgan fingerprint density at radius 3 is 1.77 bits per heavy atom. The summed E-state index contributed by atoms with van der Waals surface area (Å²) in [5.74, 6) is 5.32. The van der Waals surface area contributed by atoms with Crippen molar-refractivity contribution in [3.05, 3.63) is 77.9 Å². The summed E-state index contributed by atoms with van der Waals surface area (Å²) in [5.41, 5.74) is 4.98. The molecule has 3 heterocycles. The van der Waals surface area contributed by atoms with Gasteiger partial charge in [0.25, 0.3) is 0 Å². The van der Waals surface area contributed by atoms with Crippen LogP contribution in [0.3, 0.4) is 0 Å². The summed E-state index contributed by atoms with van der Waals surface area (Å²) in [6.07, 6.45) is 11.7. The van der Waals surface area contributed by atoms with Crippen molar-refractivity contribution < 1.29 is 0 Å². The molecule has 0 amide bonds. The van der Waals surface area contributed by atoms with Crippen LogP contribution in [-0.2, 0) is 17.2 Å². The van der Waals surface area contributed by atoms with Gasteiger partial charge in [0.2, 0.25) is 0 Å². The zero-order valence-electron chi connectivity index (χ0n) is 18.1. The third-order valence-corrected chi connectivity index (χ3v) is 17.3. The van der Waals surface area contributed by atoms with E-state index >= 15 is 0 Å². The zero-order valence-corrected chi connectivity index (χ0v) is 19.8. The fraction of sp³-hybridized carbons (Fsp3) is 0.517. The van der Waals surface area contributed by atoms with Crippen molar-refractivity contribution in [1.82, 2.24) is 0 Å². The summed E-state index contributed by atoms with van der Waals surface area (Å²) in [7, 11) is 0. The van der Waals surface area contributed by atoms with Gasteiger partial charge in [-0.05, 0) is 108 Å². The summed E-state index contributed by atoms with van der Waals surface area (Å²) in [5, 5.41) is 1.66. The predicted octanol–water partition coefficient (Wildman–Crippen LogP) is 7.30. The second kappa shape index (κ2) is 6.03. The van der Waals surface area contributed by atoms with Crippen LogP contribution in [0.1, 0.15) is 49.7 Å². The highest BCUT2D eigenvalue weighted by molar-refractivity contribution is 8.20. The van der Waals surface area contributed by atoms with E-state index in [2.05, 4.69) is 66.7 Å². The molecule has 0 aromatic heterocycles. The van der Waals surface area contributed by atoms with Crippen LogP contribution in [0.2, 0.25) is 0 Å². The van der Waals surface area contributed by atoms with Crippen molar-refractivity contribution in [3.63, 3.8) is 0 Å². The number of benzene rings is 2. The van der Waals surface area contributed by atoms with Crippen LogP contribution in [0.4, 0.5) is 0 Å². The zero-order chi connectivity index (χ0) is 20.4. The fourth-order valence-electron chi connectivity index (χ4n) is 10.3. The summed E-state index contributed by atoms with van der Waals surface area (Å²) >= 11 is 7.14. The van der Waals surface area contributed by atoms with Gasteiger partial charge in [-0.1, -0.05) is 78.5 Å². The molecule has 31 heavy (non-hydrogen) atoms. The maximum absolute atomic E-state index is 7.14. The summed E-state index contributed by atoms with van der Waals surface area (Å²) in [6.45, 7) is 0. The maximum Gasteiger partial charge on any atom is 0.0216 e. The number of hydrogen-bond acceptors (Lipinski definition) is 1. The van der Waals surface area contributed by atoms with Crippen LogP contribution in [0.5, 0.6) is 0 Å². The van der Waals surface area contributed by atoms with E-state index in [-0.39, 0.29) is 5.41 Å². The number of fused-ring (bicyclic) bond motifs is 4. The fourth-order valence-corrected chi connectivity index (χ4v) is 18.4. The van der Waals surface area contributed by atoms with Crippen molar-refractivity contribution in [2.45, 2.75) is 55.3 Å². The molecule has 5 fully saturated rings. The molecule has 158 valence electrons. The third kappa shape index (κ3) is 2.00. The average molecular weight is 443 g/mol. The van der Waals surface area contributed by atoms with Crippen molar-refractivity contribution in [3.8, 4) is 0 Å². The molecule has 6 bridgehead atoms. The Morgan fingerprint density at radius 1 is 0.677 bits per heavy atom. The highest BCUT2D eigenvalue weighted by Crippen LogP contribution is 2.89. The average Bonchev–Trinajstić information content (AvgIpc) is 3.62. The number of allylic oxidation sites excluding steroid dienone is 1. The molecule has 2 heteroatoms. The molecular formula is C29H31PS. The lowest BCUT2D eigenvalue weighted by atomic mass is 9.53. The third-order valence-electron chi connectivity index (χ3n) is 10.8. The van der Waals surface area contributed by atoms with Crippen LogP contribution in [0, 0.1) is 35.5 Å². The van der Waals surface area contributed by atoms with Crippen LogP contribution in [0.25, 0.3) is 5.31 Å². The smallest absolute Gasteiger partial charge is 0.0216 e. The van der Waals surface area contributed by atoms with E-state index in [4.69, 9.17) is 11.8 Å². The predicted molar refractivity (Wildman–Crippen MR) is 133 cm³/mol. The molecule has 0 nitrogen and oxygen atoms in total. The van der Waals surface area contributed by atoms with Gasteiger partial charge in [0.1, 0.15) is 0 Å². The Hall–Kier alpha value is -1.17. The van der Waals surface area contributed by atoms with Crippen LogP contribution in [0.15, 0.2) is 66.7 Å². The molecule has 1 saturated heterocycles. The van der Waals surface area contributed by atoms with Gasteiger partial charge < -0.3 is 0 Å². The van der Waals surface area contributed by atoms with Crippen molar-refractivity contribution in [1.29, 1.82) is 0 Å². The Balaban J connectivity index is 1.49. The molecular weight excluding hydrogens is 411 g/mol. The van der Waals surface area contributed by atoms with Crippen LogP contribution >= 0.6 is 6.04 Å². The molecule has 2 aromatic carbocycles. The van der Waals surface area contributed by atoms with Gasteiger partial charge >= 0.3 is 0 Å². The second-order valence-corrected chi connectivity index (χ2v) is 16.5. The van der Waals surface area contributed by atoms with Gasteiger partial charge in [0.15, 0.2) is 0 Å². The summed E-state index contributed by atoms with van der Waals surface area (Å²) in [4.78, 5) is 0. The first-order chi connectivity index (χ1) is 15.2. The number of hydrogen-bond donors (Lipinski definition) is 0. The van der Waals surface area contributed by atoms with E-state index in [9.17, 15) is 0 Å². The van der Waals surface area contributed by atoms with Gasteiger partial charge in [0, 0.05) is 5.41 Å². The second-order valence-electron chi connectivity index (χ2n) is 11.6. The lowest BCUT2D eigenvalue weighted by molar-refractivity contribution is 0.105. The van der Waals surface area contributed by atoms with E-state index in [1.165, 1.54) is 44.1 Å². The molecule has 10 atom stereocenters. The van der Waals surface area contributed by atoms with Crippen molar-refractivity contribution >= 4 is 23.2 Å². The first-order valence-corrected chi connectivity index (χ1v) is 15.6. The van der Waals surface area contributed by atoms with Crippen LogP contribution < -0.4 is 0 Å². The Kier molecular flexibility index (Phi) is 3.56.